The highest BCUT2D eigenvalue weighted by Crippen LogP contribution is 2.29. The summed E-state index contributed by atoms with van der Waals surface area (Å²) in [6.45, 7) is 1.73. The van der Waals surface area contributed by atoms with E-state index in [2.05, 4.69) is 4.98 Å². The molecular weight excluding hydrogens is 230 g/mol. The number of hydrogen-bond acceptors (Lipinski definition) is 3. The largest absolute Gasteiger partial charge is 0.477 e. The van der Waals surface area contributed by atoms with E-state index >= 15 is 0 Å². The van der Waals surface area contributed by atoms with Crippen LogP contribution >= 0.6 is 0 Å². The Bertz CT molecular complexity index is 414. The van der Waals surface area contributed by atoms with Crippen LogP contribution in [-0.2, 0) is 10.7 Å². The monoisotopic (exact) mass is 242 g/mol. The van der Waals surface area contributed by atoms with Crippen molar-refractivity contribution in [2.24, 2.45) is 0 Å². The summed E-state index contributed by atoms with van der Waals surface area (Å²) in [4.78, 5) is 16.3. The molecule has 2 heterocycles. The second-order valence-electron chi connectivity index (χ2n) is 3.98. The Kier molecular flexibility index (Phi) is 2.95. The van der Waals surface area contributed by atoms with Crippen molar-refractivity contribution in [1.29, 1.82) is 0 Å². The van der Waals surface area contributed by atoms with Crippen molar-refractivity contribution in [3.8, 4) is 0 Å². The Morgan fingerprint density at radius 2 is 2.00 bits per heavy atom. The molecule has 1 saturated heterocycles. The third kappa shape index (κ3) is 2.20. The minimum atomic E-state index is -3.88. The first kappa shape index (κ1) is 11.8. The van der Waals surface area contributed by atoms with Crippen LogP contribution in [0.25, 0.3) is 0 Å². The van der Waals surface area contributed by atoms with Gasteiger partial charge in [0.25, 0.3) is 0 Å². The number of nitrogens with zero attached hydrogens (tertiary/aromatic N) is 2. The van der Waals surface area contributed by atoms with E-state index in [9.17, 15) is 13.6 Å². The van der Waals surface area contributed by atoms with Crippen LogP contribution in [0.4, 0.5) is 14.6 Å². The predicted octanol–water partition coefficient (Wildman–Crippen LogP) is 1.86. The van der Waals surface area contributed by atoms with Crippen LogP contribution in [0.1, 0.15) is 18.4 Å². The smallest absolute Gasteiger partial charge is 0.379 e. The number of pyridine rings is 1. The molecule has 1 aromatic rings. The van der Waals surface area contributed by atoms with Crippen molar-refractivity contribution in [3.05, 3.63) is 23.9 Å². The van der Waals surface area contributed by atoms with Crippen LogP contribution in [0.15, 0.2) is 18.3 Å². The van der Waals surface area contributed by atoms with Gasteiger partial charge in [-0.3, -0.25) is 0 Å². The fourth-order valence-corrected chi connectivity index (χ4v) is 1.83. The zero-order chi connectivity index (χ0) is 12.5. The highest BCUT2D eigenvalue weighted by molar-refractivity contribution is 5.77. The van der Waals surface area contributed by atoms with Gasteiger partial charge in [0.2, 0.25) is 0 Å². The summed E-state index contributed by atoms with van der Waals surface area (Å²) in [5.74, 6) is -5.42. The zero-order valence-electron chi connectivity index (χ0n) is 9.07. The van der Waals surface area contributed by atoms with Gasteiger partial charge >= 0.3 is 11.9 Å². The summed E-state index contributed by atoms with van der Waals surface area (Å²) >= 11 is 0. The van der Waals surface area contributed by atoms with Crippen LogP contribution < -0.4 is 4.90 Å². The van der Waals surface area contributed by atoms with Gasteiger partial charge in [-0.05, 0) is 25.0 Å². The lowest BCUT2D eigenvalue weighted by molar-refractivity contribution is -0.166. The van der Waals surface area contributed by atoms with E-state index in [0.717, 1.165) is 38.2 Å². The van der Waals surface area contributed by atoms with Gasteiger partial charge < -0.3 is 10.0 Å². The van der Waals surface area contributed by atoms with Crippen LogP contribution in [0.3, 0.4) is 0 Å². The minimum Gasteiger partial charge on any atom is -0.477 e. The van der Waals surface area contributed by atoms with Gasteiger partial charge in [0.1, 0.15) is 5.82 Å². The standard InChI is InChI=1S/C11H12F2N2O2/c12-11(13,10(16)17)8-3-4-9(14-7-8)15-5-1-2-6-15/h3-4,7H,1-2,5-6H2,(H,16,17). The van der Waals surface area contributed by atoms with E-state index in [4.69, 9.17) is 5.11 Å². The molecule has 0 bridgehead atoms. The molecule has 0 unspecified atom stereocenters. The second kappa shape index (κ2) is 4.27. The number of carboxylic acid groups (broad SMARTS) is 1. The lowest BCUT2D eigenvalue weighted by atomic mass is 10.1. The molecule has 0 aliphatic carbocycles. The number of alkyl halides is 2. The molecule has 0 radical (unpaired) electrons. The average Bonchev–Trinajstić information content (AvgIpc) is 2.82. The minimum absolute atomic E-state index is 0.590. The van der Waals surface area contributed by atoms with E-state index < -0.39 is 17.5 Å². The number of aromatic nitrogens is 1. The molecule has 1 fully saturated rings. The molecule has 0 amide bonds. The highest BCUT2D eigenvalue weighted by Gasteiger charge is 2.41. The molecule has 92 valence electrons. The molecule has 17 heavy (non-hydrogen) atoms. The summed E-state index contributed by atoms with van der Waals surface area (Å²) in [6.07, 6.45) is 3.06. The van der Waals surface area contributed by atoms with Gasteiger partial charge in [-0.2, -0.15) is 8.78 Å². The number of carbonyl (C=O) groups is 1. The second-order valence-corrected chi connectivity index (χ2v) is 3.98. The molecule has 0 spiro atoms. The topological polar surface area (TPSA) is 53.4 Å². The summed E-state index contributed by atoms with van der Waals surface area (Å²) in [5.41, 5.74) is -0.590. The van der Waals surface area contributed by atoms with Crippen molar-refractivity contribution < 1.29 is 18.7 Å². The summed E-state index contributed by atoms with van der Waals surface area (Å²) in [7, 11) is 0. The molecule has 1 aromatic heterocycles. The Hall–Kier alpha value is -1.72. The lowest BCUT2D eigenvalue weighted by Gasteiger charge is -2.17. The van der Waals surface area contributed by atoms with Crippen molar-refractivity contribution in [2.45, 2.75) is 18.8 Å². The zero-order valence-corrected chi connectivity index (χ0v) is 9.07. The summed E-state index contributed by atoms with van der Waals surface area (Å²) < 4.78 is 26.3. The molecule has 0 atom stereocenters. The third-order valence-corrected chi connectivity index (χ3v) is 2.81. The van der Waals surface area contributed by atoms with Crippen molar-refractivity contribution in [1.82, 2.24) is 4.98 Å². The number of halogens is 2. The van der Waals surface area contributed by atoms with E-state index in [1.54, 1.807) is 0 Å². The van der Waals surface area contributed by atoms with Crippen molar-refractivity contribution in [3.63, 3.8) is 0 Å². The van der Waals surface area contributed by atoms with E-state index in [1.165, 1.54) is 6.07 Å². The first-order chi connectivity index (χ1) is 8.01. The first-order valence-electron chi connectivity index (χ1n) is 5.34. The number of carboxylic acids is 1. The maximum Gasteiger partial charge on any atom is 0.379 e. The molecule has 1 N–H and O–H groups in total. The molecule has 6 heteroatoms. The Labute approximate surface area is 96.9 Å². The van der Waals surface area contributed by atoms with Gasteiger partial charge in [0.15, 0.2) is 0 Å². The Morgan fingerprint density at radius 1 is 1.35 bits per heavy atom. The van der Waals surface area contributed by atoms with Gasteiger partial charge in [-0.15, -0.1) is 0 Å². The van der Waals surface area contributed by atoms with Crippen molar-refractivity contribution in [2.75, 3.05) is 18.0 Å². The van der Waals surface area contributed by atoms with Crippen LogP contribution in [0, 0.1) is 0 Å². The molecule has 4 nitrogen and oxygen atoms in total. The number of hydrogen-bond donors (Lipinski definition) is 1. The van der Waals surface area contributed by atoms with E-state index in [1.807, 2.05) is 4.90 Å². The predicted molar refractivity (Wildman–Crippen MR) is 57.2 cm³/mol. The molecule has 0 saturated carbocycles. The maximum absolute atomic E-state index is 13.1. The number of aliphatic carboxylic acids is 1. The Balaban J connectivity index is 2.20. The van der Waals surface area contributed by atoms with Crippen molar-refractivity contribution >= 4 is 11.8 Å². The molecular formula is C11H12F2N2O2. The summed E-state index contributed by atoms with van der Waals surface area (Å²) in [6, 6.07) is 2.56. The van der Waals surface area contributed by atoms with E-state index in [0.29, 0.717) is 5.82 Å². The average molecular weight is 242 g/mol. The number of anilines is 1. The van der Waals surface area contributed by atoms with E-state index in [-0.39, 0.29) is 0 Å². The Morgan fingerprint density at radius 3 is 2.47 bits per heavy atom. The quantitative estimate of drug-likeness (QED) is 0.879. The molecule has 1 aliphatic rings. The molecule has 0 aromatic carbocycles. The van der Waals surface area contributed by atoms with Crippen LogP contribution in [0.2, 0.25) is 0 Å². The molecule has 2 rings (SSSR count). The first-order valence-corrected chi connectivity index (χ1v) is 5.34. The molecule has 1 aliphatic heterocycles. The van der Waals surface area contributed by atoms with Crippen LogP contribution in [-0.4, -0.2) is 29.1 Å². The fourth-order valence-electron chi connectivity index (χ4n) is 1.83. The lowest BCUT2D eigenvalue weighted by Crippen LogP contribution is -2.26. The number of rotatable bonds is 3. The highest BCUT2D eigenvalue weighted by atomic mass is 19.3. The summed E-state index contributed by atoms with van der Waals surface area (Å²) in [5, 5.41) is 8.39. The van der Waals surface area contributed by atoms with Gasteiger partial charge in [0, 0.05) is 19.3 Å². The fraction of sp³-hybridized carbons (Fsp3) is 0.455. The van der Waals surface area contributed by atoms with Gasteiger partial charge in [-0.1, -0.05) is 0 Å². The maximum atomic E-state index is 13.1. The third-order valence-electron chi connectivity index (χ3n) is 2.81. The van der Waals surface area contributed by atoms with Crippen LogP contribution in [0.5, 0.6) is 0 Å². The van der Waals surface area contributed by atoms with Gasteiger partial charge in [0.05, 0.1) is 5.56 Å². The normalized spacial score (nSPS) is 16.2. The SMILES string of the molecule is O=C(O)C(F)(F)c1ccc(N2CCCC2)nc1. The van der Waals surface area contributed by atoms with Gasteiger partial charge in [-0.25, -0.2) is 9.78 Å².